The average Bonchev–Trinajstić information content (AvgIpc) is 3.37. The normalized spacial score (nSPS) is 26.0. The van der Waals surface area contributed by atoms with Crippen molar-refractivity contribution in [1.29, 1.82) is 0 Å². The molecule has 1 saturated carbocycles. The van der Waals surface area contributed by atoms with E-state index in [9.17, 15) is 9.59 Å². The lowest BCUT2D eigenvalue weighted by molar-refractivity contribution is -0.382. The number of pyridine rings is 1. The number of benzene rings is 1. The van der Waals surface area contributed by atoms with Gasteiger partial charge in [-0.05, 0) is 62.6 Å². The summed E-state index contributed by atoms with van der Waals surface area (Å²) in [6.45, 7) is 3.33. The highest BCUT2D eigenvalue weighted by Crippen LogP contribution is 2.38. The summed E-state index contributed by atoms with van der Waals surface area (Å²) in [5.41, 5.74) is 2.28. The van der Waals surface area contributed by atoms with Crippen molar-refractivity contribution in [2.45, 2.75) is 57.3 Å². The first-order chi connectivity index (χ1) is 15.5. The van der Waals surface area contributed by atoms with Crippen LogP contribution in [0.4, 0.5) is 0 Å². The van der Waals surface area contributed by atoms with Crippen molar-refractivity contribution >= 4 is 39.5 Å². The first-order valence-corrected chi connectivity index (χ1v) is 11.5. The monoisotopic (exact) mass is 456 g/mol. The van der Waals surface area contributed by atoms with Crippen LogP contribution in [0.15, 0.2) is 29.2 Å². The summed E-state index contributed by atoms with van der Waals surface area (Å²) in [7, 11) is 0. The van der Waals surface area contributed by atoms with E-state index in [2.05, 4.69) is 9.97 Å². The van der Waals surface area contributed by atoms with Gasteiger partial charge in [0.1, 0.15) is 5.52 Å². The number of H-pyrrole nitrogens is 2. The van der Waals surface area contributed by atoms with Gasteiger partial charge in [-0.3, -0.25) is 9.59 Å². The van der Waals surface area contributed by atoms with Crippen molar-refractivity contribution in [3.63, 3.8) is 0 Å². The number of carbonyl (C=O) groups excluding carboxylic acids is 1. The molecule has 0 bridgehead atoms. The minimum atomic E-state index is -0.525. The number of hydrogen-bond donors (Lipinski definition) is 2. The molecule has 9 heteroatoms. The molecule has 8 nitrogen and oxygen atoms in total. The summed E-state index contributed by atoms with van der Waals surface area (Å²) in [6, 6.07) is 5.94. The van der Waals surface area contributed by atoms with Crippen LogP contribution in [0.25, 0.3) is 21.8 Å². The van der Waals surface area contributed by atoms with Gasteiger partial charge in [-0.25, -0.2) is 4.42 Å². The van der Waals surface area contributed by atoms with E-state index in [0.29, 0.717) is 23.1 Å². The zero-order chi connectivity index (χ0) is 22.0. The fraction of sp³-hybridized carbons (Fsp3) is 0.478. The fourth-order valence-electron chi connectivity index (χ4n) is 4.93. The Hall–Kier alpha value is -2.39. The molecule has 168 valence electrons. The van der Waals surface area contributed by atoms with Crippen molar-refractivity contribution in [3.05, 3.63) is 45.9 Å². The Morgan fingerprint density at radius 1 is 1.28 bits per heavy atom. The Labute approximate surface area is 189 Å². The van der Waals surface area contributed by atoms with Crippen LogP contribution in [0.5, 0.6) is 0 Å². The van der Waals surface area contributed by atoms with Crippen molar-refractivity contribution in [1.82, 2.24) is 19.3 Å². The molecule has 1 atom stereocenters. The molecule has 2 aliphatic heterocycles. The minimum absolute atomic E-state index is 0.00701. The highest BCUT2D eigenvalue weighted by Gasteiger charge is 2.37. The van der Waals surface area contributed by atoms with Crippen molar-refractivity contribution < 1.29 is 14.3 Å². The molecular weight excluding hydrogens is 432 g/mol. The predicted molar refractivity (Wildman–Crippen MR) is 120 cm³/mol. The van der Waals surface area contributed by atoms with E-state index in [4.69, 9.17) is 21.3 Å². The summed E-state index contributed by atoms with van der Waals surface area (Å²) in [6.07, 6.45) is 5.07. The lowest BCUT2D eigenvalue weighted by atomic mass is 10.0. The number of carbonyl (C=O) groups is 1. The van der Waals surface area contributed by atoms with Gasteiger partial charge in [0, 0.05) is 58.8 Å². The molecular formula is C23H25ClN4O4. The lowest BCUT2D eigenvalue weighted by Gasteiger charge is -2.33. The van der Waals surface area contributed by atoms with E-state index in [0.717, 1.165) is 48.6 Å². The van der Waals surface area contributed by atoms with Crippen molar-refractivity contribution in [3.8, 4) is 0 Å². The van der Waals surface area contributed by atoms with Crippen LogP contribution < -0.4 is 5.56 Å². The standard InChI is InChI=1S/C23H25ClN4O4/c1-12-31-23(32-12)17-10-25-20-19(17)16-9-13(4-7-18(16)26-21(20)29)22(30)27(14-5-6-14)11-15-3-2-8-28(15)24/h4,7,9-10,12,14-15,23,25H,2-3,5-6,8,11H2,1H3,(H,26,29)/t12?,15-,23?/m0/s1. The second kappa shape index (κ2) is 7.59. The summed E-state index contributed by atoms with van der Waals surface area (Å²) in [5.74, 6) is 0.00701. The molecule has 32 heavy (non-hydrogen) atoms. The molecule has 1 aromatic carbocycles. The van der Waals surface area contributed by atoms with Crippen LogP contribution in [0.2, 0.25) is 0 Å². The third kappa shape index (κ3) is 3.33. The molecule has 0 radical (unpaired) electrons. The number of amides is 1. The number of halogens is 1. The second-order valence-electron chi connectivity index (χ2n) is 8.99. The van der Waals surface area contributed by atoms with Crippen LogP contribution in [0, 0.1) is 0 Å². The van der Waals surface area contributed by atoms with Gasteiger partial charge in [0.2, 0.25) is 0 Å². The Bertz CT molecular complexity index is 1260. The highest BCUT2D eigenvalue weighted by molar-refractivity contribution is 6.13. The smallest absolute Gasteiger partial charge is 0.272 e. The SMILES string of the molecule is CC1OC(c2c[nH]c3c(=O)[nH]c4ccc(C(=O)N(C[C@@H]5CCCN5Cl)C5CC5)cc4c23)O1. The average molecular weight is 457 g/mol. The van der Waals surface area contributed by atoms with Crippen LogP contribution in [-0.4, -0.2) is 56.7 Å². The van der Waals surface area contributed by atoms with Crippen LogP contribution in [0.3, 0.4) is 0 Å². The molecule has 3 aromatic rings. The molecule has 3 aliphatic rings. The fourth-order valence-corrected chi connectivity index (χ4v) is 5.21. The molecule has 3 fully saturated rings. The minimum Gasteiger partial charge on any atom is -0.356 e. The maximum atomic E-state index is 13.6. The molecule has 4 heterocycles. The van der Waals surface area contributed by atoms with Gasteiger partial charge < -0.3 is 24.3 Å². The van der Waals surface area contributed by atoms with E-state index in [1.807, 2.05) is 22.3 Å². The number of nitrogens with zero attached hydrogens (tertiary/aromatic N) is 2. The van der Waals surface area contributed by atoms with Crippen LogP contribution in [0.1, 0.15) is 54.8 Å². The van der Waals surface area contributed by atoms with E-state index >= 15 is 0 Å². The zero-order valence-corrected chi connectivity index (χ0v) is 18.5. The maximum absolute atomic E-state index is 13.6. The van der Waals surface area contributed by atoms with Gasteiger partial charge in [0.25, 0.3) is 11.5 Å². The largest absolute Gasteiger partial charge is 0.356 e. The lowest BCUT2D eigenvalue weighted by Crippen LogP contribution is -2.41. The van der Waals surface area contributed by atoms with Crippen LogP contribution >= 0.6 is 11.8 Å². The van der Waals surface area contributed by atoms with Gasteiger partial charge >= 0.3 is 0 Å². The highest BCUT2D eigenvalue weighted by atomic mass is 35.5. The Kier molecular flexibility index (Phi) is 4.80. The Morgan fingerprint density at radius 2 is 2.09 bits per heavy atom. The summed E-state index contributed by atoms with van der Waals surface area (Å²) < 4.78 is 13.2. The number of fused-ring (bicyclic) bond motifs is 3. The van der Waals surface area contributed by atoms with Crippen molar-refractivity contribution in [2.75, 3.05) is 13.1 Å². The first-order valence-electron chi connectivity index (χ1n) is 11.2. The Morgan fingerprint density at radius 3 is 2.78 bits per heavy atom. The van der Waals surface area contributed by atoms with Gasteiger partial charge in [-0.1, -0.05) is 0 Å². The molecule has 0 spiro atoms. The summed E-state index contributed by atoms with van der Waals surface area (Å²) in [4.78, 5) is 34.1. The topological polar surface area (TPSA) is 90.7 Å². The first kappa shape index (κ1) is 20.2. The predicted octanol–water partition coefficient (Wildman–Crippen LogP) is 3.62. The number of aromatic amines is 2. The quantitative estimate of drug-likeness (QED) is 0.572. The molecule has 1 aliphatic carbocycles. The maximum Gasteiger partial charge on any atom is 0.272 e. The number of nitrogens with one attached hydrogen (secondary N) is 2. The van der Waals surface area contributed by atoms with Gasteiger partial charge in [0.05, 0.1) is 0 Å². The molecule has 1 amide bonds. The van der Waals surface area contributed by atoms with Crippen LogP contribution in [-0.2, 0) is 9.47 Å². The number of aromatic nitrogens is 2. The van der Waals surface area contributed by atoms with Gasteiger partial charge in [-0.2, -0.15) is 0 Å². The molecule has 0 unspecified atom stereocenters. The molecule has 2 saturated heterocycles. The van der Waals surface area contributed by atoms with E-state index in [-0.39, 0.29) is 29.8 Å². The van der Waals surface area contributed by atoms with E-state index in [1.165, 1.54) is 0 Å². The van der Waals surface area contributed by atoms with Crippen molar-refractivity contribution in [2.24, 2.45) is 0 Å². The molecule has 2 aromatic heterocycles. The second-order valence-corrected chi connectivity index (χ2v) is 9.42. The summed E-state index contributed by atoms with van der Waals surface area (Å²) in [5, 5.41) is 1.53. The number of hydrogen-bond acceptors (Lipinski definition) is 5. The van der Waals surface area contributed by atoms with E-state index < -0.39 is 6.29 Å². The molecule has 2 N–H and O–H groups in total. The van der Waals surface area contributed by atoms with E-state index in [1.54, 1.807) is 18.3 Å². The number of ether oxygens (including phenoxy) is 2. The Balaban J connectivity index is 1.40. The molecule has 6 rings (SSSR count). The van der Waals surface area contributed by atoms with Gasteiger partial charge in [-0.15, -0.1) is 0 Å². The third-order valence-corrected chi connectivity index (χ3v) is 7.21. The zero-order valence-electron chi connectivity index (χ0n) is 17.8. The number of rotatable bonds is 5. The third-order valence-electron chi connectivity index (χ3n) is 6.77. The van der Waals surface area contributed by atoms with Gasteiger partial charge in [0.15, 0.2) is 12.6 Å². The summed E-state index contributed by atoms with van der Waals surface area (Å²) >= 11 is 6.35.